The Labute approximate surface area is 122 Å². The minimum absolute atomic E-state index is 0.0852. The summed E-state index contributed by atoms with van der Waals surface area (Å²) in [7, 11) is 1.83. The van der Waals surface area contributed by atoms with E-state index in [0.29, 0.717) is 5.88 Å². The molecule has 0 aliphatic heterocycles. The van der Waals surface area contributed by atoms with Crippen LogP contribution in [-0.2, 0) is 16.1 Å². The van der Waals surface area contributed by atoms with Gasteiger partial charge in [0.1, 0.15) is 13.2 Å². The molecule has 110 valence electrons. The van der Waals surface area contributed by atoms with Gasteiger partial charge in [0.2, 0.25) is 5.91 Å². The van der Waals surface area contributed by atoms with Gasteiger partial charge in [0, 0.05) is 12.7 Å². The average Bonchev–Trinajstić information content (AvgIpc) is 2.49. The highest BCUT2D eigenvalue weighted by atomic mass is 32.2. The SMILES string of the molecule is CNc1ccc(COC(=O)NCC(=O)NCSC)cc1. The summed E-state index contributed by atoms with van der Waals surface area (Å²) in [5.74, 6) is 0.280. The van der Waals surface area contributed by atoms with E-state index in [9.17, 15) is 9.59 Å². The van der Waals surface area contributed by atoms with E-state index in [1.54, 1.807) is 0 Å². The molecule has 6 nitrogen and oxygen atoms in total. The zero-order chi connectivity index (χ0) is 14.8. The Hall–Kier alpha value is -1.89. The number of anilines is 1. The van der Waals surface area contributed by atoms with Crippen molar-refractivity contribution in [2.45, 2.75) is 6.61 Å². The molecule has 0 heterocycles. The average molecular weight is 297 g/mol. The van der Waals surface area contributed by atoms with Gasteiger partial charge in [-0.1, -0.05) is 12.1 Å². The van der Waals surface area contributed by atoms with Crippen LogP contribution in [0.25, 0.3) is 0 Å². The molecule has 0 saturated carbocycles. The number of carbonyl (C=O) groups is 2. The lowest BCUT2D eigenvalue weighted by Crippen LogP contribution is -2.36. The Morgan fingerprint density at radius 1 is 1.20 bits per heavy atom. The second-order valence-electron chi connectivity index (χ2n) is 3.91. The fourth-order valence-corrected chi connectivity index (χ4v) is 1.64. The highest BCUT2D eigenvalue weighted by molar-refractivity contribution is 7.98. The fourth-order valence-electron chi connectivity index (χ4n) is 1.34. The van der Waals surface area contributed by atoms with Gasteiger partial charge in [-0.15, -0.1) is 11.8 Å². The number of ether oxygens (including phenoxy) is 1. The lowest BCUT2D eigenvalue weighted by atomic mass is 10.2. The van der Waals surface area contributed by atoms with Gasteiger partial charge < -0.3 is 20.7 Å². The smallest absolute Gasteiger partial charge is 0.407 e. The van der Waals surface area contributed by atoms with E-state index in [1.807, 2.05) is 37.6 Å². The molecule has 0 spiro atoms. The standard InChI is InChI=1S/C13H19N3O3S/c1-14-11-5-3-10(4-6-11)8-19-13(18)15-7-12(17)16-9-20-2/h3-6,14H,7-9H2,1-2H3,(H,15,18)(H,16,17). The first-order valence-electron chi connectivity index (χ1n) is 6.08. The normalized spacial score (nSPS) is 9.70. The summed E-state index contributed by atoms with van der Waals surface area (Å²) in [5.41, 5.74) is 1.87. The van der Waals surface area contributed by atoms with Crippen molar-refractivity contribution in [2.75, 3.05) is 31.0 Å². The van der Waals surface area contributed by atoms with E-state index < -0.39 is 6.09 Å². The molecular formula is C13H19N3O3S. The Bertz CT molecular complexity index is 437. The van der Waals surface area contributed by atoms with E-state index in [2.05, 4.69) is 16.0 Å². The van der Waals surface area contributed by atoms with Crippen LogP contribution in [0.5, 0.6) is 0 Å². The van der Waals surface area contributed by atoms with Crippen LogP contribution in [0.15, 0.2) is 24.3 Å². The van der Waals surface area contributed by atoms with E-state index in [4.69, 9.17) is 4.74 Å². The molecule has 2 amide bonds. The minimum Gasteiger partial charge on any atom is -0.445 e. The fraction of sp³-hybridized carbons (Fsp3) is 0.385. The molecule has 0 aliphatic carbocycles. The van der Waals surface area contributed by atoms with Crippen molar-refractivity contribution in [3.8, 4) is 0 Å². The molecule has 1 aromatic carbocycles. The number of thioether (sulfide) groups is 1. The van der Waals surface area contributed by atoms with Gasteiger partial charge in [-0.2, -0.15) is 0 Å². The summed E-state index contributed by atoms with van der Waals surface area (Å²) in [4.78, 5) is 22.6. The summed E-state index contributed by atoms with van der Waals surface area (Å²) < 4.78 is 5.00. The summed E-state index contributed by atoms with van der Waals surface area (Å²) in [6, 6.07) is 7.52. The van der Waals surface area contributed by atoms with Gasteiger partial charge in [0.15, 0.2) is 0 Å². The topological polar surface area (TPSA) is 79.5 Å². The number of alkyl carbamates (subject to hydrolysis) is 1. The number of nitrogens with one attached hydrogen (secondary N) is 3. The van der Waals surface area contributed by atoms with Crippen LogP contribution >= 0.6 is 11.8 Å². The van der Waals surface area contributed by atoms with Crippen LogP contribution in [0.1, 0.15) is 5.56 Å². The lowest BCUT2D eigenvalue weighted by molar-refractivity contribution is -0.119. The number of carbonyl (C=O) groups excluding carboxylic acids is 2. The monoisotopic (exact) mass is 297 g/mol. The van der Waals surface area contributed by atoms with Crippen molar-refractivity contribution >= 4 is 29.4 Å². The Balaban J connectivity index is 2.23. The predicted molar refractivity (Wildman–Crippen MR) is 80.7 cm³/mol. The van der Waals surface area contributed by atoms with Gasteiger partial charge in [-0.3, -0.25) is 4.79 Å². The molecule has 20 heavy (non-hydrogen) atoms. The first-order chi connectivity index (χ1) is 9.65. The lowest BCUT2D eigenvalue weighted by Gasteiger charge is -2.08. The van der Waals surface area contributed by atoms with Crippen molar-refractivity contribution in [1.82, 2.24) is 10.6 Å². The molecule has 1 aromatic rings. The summed E-state index contributed by atoms with van der Waals surface area (Å²) in [6.07, 6.45) is 1.27. The maximum absolute atomic E-state index is 11.4. The second-order valence-corrected chi connectivity index (χ2v) is 4.78. The van der Waals surface area contributed by atoms with Gasteiger partial charge in [-0.05, 0) is 24.0 Å². The molecule has 0 fully saturated rings. The molecule has 0 radical (unpaired) electrons. The molecule has 0 aromatic heterocycles. The van der Waals surface area contributed by atoms with E-state index in [1.165, 1.54) is 11.8 Å². The van der Waals surface area contributed by atoms with Gasteiger partial charge in [0.25, 0.3) is 0 Å². The number of amides is 2. The number of hydrogen-bond donors (Lipinski definition) is 3. The highest BCUT2D eigenvalue weighted by Crippen LogP contribution is 2.09. The van der Waals surface area contributed by atoms with Crippen LogP contribution in [-0.4, -0.2) is 37.7 Å². The summed E-state index contributed by atoms with van der Waals surface area (Å²) >= 11 is 1.49. The largest absolute Gasteiger partial charge is 0.445 e. The predicted octanol–water partition coefficient (Wildman–Crippen LogP) is 1.39. The Morgan fingerprint density at radius 2 is 1.90 bits per heavy atom. The third kappa shape index (κ3) is 6.33. The van der Waals surface area contributed by atoms with Crippen LogP contribution in [0.3, 0.4) is 0 Å². The minimum atomic E-state index is -0.609. The van der Waals surface area contributed by atoms with Crippen molar-refractivity contribution < 1.29 is 14.3 Å². The zero-order valence-corrected chi connectivity index (χ0v) is 12.4. The van der Waals surface area contributed by atoms with Crippen LogP contribution in [0.4, 0.5) is 10.5 Å². The van der Waals surface area contributed by atoms with Gasteiger partial charge >= 0.3 is 6.09 Å². The quantitative estimate of drug-likeness (QED) is 0.663. The number of rotatable bonds is 7. The third-order valence-electron chi connectivity index (χ3n) is 2.42. The molecular weight excluding hydrogens is 278 g/mol. The molecule has 0 unspecified atom stereocenters. The zero-order valence-electron chi connectivity index (χ0n) is 11.6. The molecule has 0 saturated heterocycles. The highest BCUT2D eigenvalue weighted by Gasteiger charge is 2.05. The summed E-state index contributed by atoms with van der Waals surface area (Å²) in [5, 5.41) is 8.01. The molecule has 0 aliphatic rings. The first kappa shape index (κ1) is 16.2. The van der Waals surface area contributed by atoms with E-state index in [0.717, 1.165) is 11.3 Å². The number of hydrogen-bond acceptors (Lipinski definition) is 5. The van der Waals surface area contributed by atoms with Crippen molar-refractivity contribution in [3.63, 3.8) is 0 Å². The van der Waals surface area contributed by atoms with E-state index in [-0.39, 0.29) is 19.1 Å². The second kappa shape index (κ2) is 9.08. The van der Waals surface area contributed by atoms with Crippen LogP contribution in [0, 0.1) is 0 Å². The summed E-state index contributed by atoms with van der Waals surface area (Å²) in [6.45, 7) is 0.0837. The van der Waals surface area contributed by atoms with Crippen LogP contribution in [0.2, 0.25) is 0 Å². The first-order valence-corrected chi connectivity index (χ1v) is 7.48. The molecule has 0 atom stereocenters. The van der Waals surface area contributed by atoms with Gasteiger partial charge in [0.05, 0.1) is 5.88 Å². The Morgan fingerprint density at radius 3 is 2.50 bits per heavy atom. The van der Waals surface area contributed by atoms with Crippen molar-refractivity contribution in [3.05, 3.63) is 29.8 Å². The molecule has 1 rings (SSSR count). The molecule has 0 bridgehead atoms. The van der Waals surface area contributed by atoms with Crippen molar-refractivity contribution in [1.29, 1.82) is 0 Å². The van der Waals surface area contributed by atoms with Gasteiger partial charge in [-0.25, -0.2) is 4.79 Å². The molecule has 7 heteroatoms. The van der Waals surface area contributed by atoms with E-state index >= 15 is 0 Å². The maximum Gasteiger partial charge on any atom is 0.407 e. The Kier molecular flexibility index (Phi) is 7.34. The maximum atomic E-state index is 11.4. The van der Waals surface area contributed by atoms with Crippen LogP contribution < -0.4 is 16.0 Å². The molecule has 3 N–H and O–H groups in total. The third-order valence-corrected chi connectivity index (χ3v) is 2.85. The van der Waals surface area contributed by atoms with Crippen molar-refractivity contribution in [2.24, 2.45) is 0 Å². The number of benzene rings is 1.